The SMILES string of the molecule is O=C(c1ccc2ncc(Cl)nc2c1)c1ccc2ncc(Cl)nc2c1. The van der Waals surface area contributed by atoms with Crippen LogP contribution in [0.2, 0.25) is 10.3 Å². The summed E-state index contributed by atoms with van der Waals surface area (Å²) >= 11 is 11.7. The Morgan fingerprint density at radius 3 is 1.62 bits per heavy atom. The van der Waals surface area contributed by atoms with Crippen LogP contribution >= 0.6 is 23.2 Å². The van der Waals surface area contributed by atoms with Gasteiger partial charge in [0.1, 0.15) is 10.3 Å². The molecule has 0 aliphatic heterocycles. The van der Waals surface area contributed by atoms with E-state index in [0.29, 0.717) is 33.2 Å². The molecule has 0 radical (unpaired) electrons. The number of benzene rings is 2. The first-order valence-corrected chi connectivity index (χ1v) is 7.75. The van der Waals surface area contributed by atoms with Crippen molar-refractivity contribution in [1.29, 1.82) is 0 Å². The van der Waals surface area contributed by atoms with Crippen LogP contribution in [0.15, 0.2) is 48.8 Å². The lowest BCUT2D eigenvalue weighted by Crippen LogP contribution is -2.02. The van der Waals surface area contributed by atoms with Gasteiger partial charge in [0.05, 0.1) is 34.5 Å². The van der Waals surface area contributed by atoms with E-state index in [4.69, 9.17) is 23.2 Å². The molecular formula is C17H8Cl2N4O. The quantitative estimate of drug-likeness (QED) is 0.506. The summed E-state index contributed by atoms with van der Waals surface area (Å²) < 4.78 is 0. The largest absolute Gasteiger partial charge is 0.289 e. The van der Waals surface area contributed by atoms with Crippen molar-refractivity contribution in [3.05, 3.63) is 70.2 Å². The van der Waals surface area contributed by atoms with Crippen molar-refractivity contribution in [2.45, 2.75) is 0 Å². The molecule has 7 heteroatoms. The standard InChI is InChI=1S/C17H8Cl2N4O/c18-15-7-20-11-3-1-9(5-13(11)22-15)17(24)10-2-4-12-14(6-10)23-16(19)8-21-12/h1-8H. The van der Waals surface area contributed by atoms with Crippen LogP contribution in [0.4, 0.5) is 0 Å². The van der Waals surface area contributed by atoms with E-state index in [1.54, 1.807) is 36.4 Å². The van der Waals surface area contributed by atoms with Crippen LogP contribution in [0.3, 0.4) is 0 Å². The van der Waals surface area contributed by atoms with Gasteiger partial charge in [-0.1, -0.05) is 23.2 Å². The van der Waals surface area contributed by atoms with Gasteiger partial charge in [-0.3, -0.25) is 14.8 Å². The molecule has 2 aromatic heterocycles. The van der Waals surface area contributed by atoms with Gasteiger partial charge in [-0.2, -0.15) is 0 Å². The number of carbonyl (C=O) groups excluding carboxylic acids is 1. The smallest absolute Gasteiger partial charge is 0.193 e. The van der Waals surface area contributed by atoms with E-state index in [2.05, 4.69) is 19.9 Å². The molecule has 5 nitrogen and oxygen atoms in total. The topological polar surface area (TPSA) is 68.6 Å². The van der Waals surface area contributed by atoms with E-state index in [9.17, 15) is 4.79 Å². The number of aromatic nitrogens is 4. The fourth-order valence-electron chi connectivity index (χ4n) is 2.43. The number of rotatable bonds is 2. The van der Waals surface area contributed by atoms with E-state index in [1.165, 1.54) is 12.4 Å². The van der Waals surface area contributed by atoms with E-state index in [0.717, 1.165) is 0 Å². The molecule has 2 aromatic carbocycles. The third kappa shape index (κ3) is 2.68. The maximum Gasteiger partial charge on any atom is 0.193 e. The Balaban J connectivity index is 1.80. The van der Waals surface area contributed by atoms with Crippen LogP contribution in [0.5, 0.6) is 0 Å². The number of carbonyl (C=O) groups is 1. The van der Waals surface area contributed by atoms with Crippen LogP contribution in [0.1, 0.15) is 15.9 Å². The molecule has 116 valence electrons. The van der Waals surface area contributed by atoms with Gasteiger partial charge in [0, 0.05) is 11.1 Å². The van der Waals surface area contributed by atoms with Crippen molar-refractivity contribution in [1.82, 2.24) is 19.9 Å². The monoisotopic (exact) mass is 354 g/mol. The first kappa shape index (κ1) is 14.9. The number of nitrogens with zero attached hydrogens (tertiary/aromatic N) is 4. The molecule has 0 aliphatic carbocycles. The average molecular weight is 355 g/mol. The highest BCUT2D eigenvalue weighted by Crippen LogP contribution is 2.20. The van der Waals surface area contributed by atoms with Crippen LogP contribution in [-0.2, 0) is 0 Å². The zero-order valence-corrected chi connectivity index (χ0v) is 13.6. The van der Waals surface area contributed by atoms with Gasteiger partial charge in [0.25, 0.3) is 0 Å². The summed E-state index contributed by atoms with van der Waals surface area (Å²) in [6.45, 7) is 0. The van der Waals surface area contributed by atoms with Crippen molar-refractivity contribution < 1.29 is 4.79 Å². The Hall–Kier alpha value is -2.63. The van der Waals surface area contributed by atoms with Gasteiger partial charge in [0.2, 0.25) is 0 Å². The number of hydrogen-bond donors (Lipinski definition) is 0. The van der Waals surface area contributed by atoms with Crippen LogP contribution in [0, 0.1) is 0 Å². The zero-order chi connectivity index (χ0) is 16.7. The lowest BCUT2D eigenvalue weighted by molar-refractivity contribution is 0.103. The summed E-state index contributed by atoms with van der Waals surface area (Å²) in [5.41, 5.74) is 3.47. The first-order chi connectivity index (χ1) is 11.6. The predicted octanol–water partition coefficient (Wildman–Crippen LogP) is 4.11. The van der Waals surface area contributed by atoms with E-state index >= 15 is 0 Å². The maximum absolute atomic E-state index is 12.7. The third-order valence-electron chi connectivity index (χ3n) is 3.55. The number of halogens is 2. The van der Waals surface area contributed by atoms with Gasteiger partial charge < -0.3 is 0 Å². The molecule has 0 bridgehead atoms. The summed E-state index contributed by atoms with van der Waals surface area (Å²) in [5.74, 6) is -0.151. The second kappa shape index (κ2) is 5.78. The summed E-state index contributed by atoms with van der Waals surface area (Å²) in [7, 11) is 0. The predicted molar refractivity (Wildman–Crippen MR) is 92.5 cm³/mol. The highest BCUT2D eigenvalue weighted by atomic mass is 35.5. The van der Waals surface area contributed by atoms with Crippen molar-refractivity contribution in [2.24, 2.45) is 0 Å². The fourth-order valence-corrected chi connectivity index (χ4v) is 2.71. The van der Waals surface area contributed by atoms with Gasteiger partial charge in [-0.25, -0.2) is 9.97 Å². The minimum Gasteiger partial charge on any atom is -0.289 e. The molecular weight excluding hydrogens is 347 g/mol. The van der Waals surface area contributed by atoms with E-state index < -0.39 is 0 Å². The second-order valence-corrected chi connectivity index (χ2v) is 5.90. The zero-order valence-electron chi connectivity index (χ0n) is 12.1. The third-order valence-corrected chi connectivity index (χ3v) is 3.91. The molecule has 2 heterocycles. The van der Waals surface area contributed by atoms with Gasteiger partial charge in [-0.05, 0) is 36.4 Å². The molecule has 0 atom stereocenters. The van der Waals surface area contributed by atoms with Crippen molar-refractivity contribution in [3.8, 4) is 0 Å². The number of fused-ring (bicyclic) bond motifs is 2. The number of ketones is 1. The van der Waals surface area contributed by atoms with Gasteiger partial charge in [-0.15, -0.1) is 0 Å². The summed E-state index contributed by atoms with van der Waals surface area (Å²) in [6.07, 6.45) is 2.94. The molecule has 0 spiro atoms. The summed E-state index contributed by atoms with van der Waals surface area (Å²) in [4.78, 5) is 29.4. The van der Waals surface area contributed by atoms with Crippen molar-refractivity contribution in [3.63, 3.8) is 0 Å². The van der Waals surface area contributed by atoms with Crippen LogP contribution in [0.25, 0.3) is 22.1 Å². The molecule has 4 aromatic rings. The van der Waals surface area contributed by atoms with Gasteiger partial charge in [0.15, 0.2) is 5.78 Å². The summed E-state index contributed by atoms with van der Waals surface area (Å²) in [5, 5.41) is 0.561. The van der Waals surface area contributed by atoms with Crippen molar-refractivity contribution in [2.75, 3.05) is 0 Å². The molecule has 0 amide bonds. The van der Waals surface area contributed by atoms with Gasteiger partial charge >= 0.3 is 0 Å². The molecule has 0 N–H and O–H groups in total. The Morgan fingerprint density at radius 1 is 0.708 bits per heavy atom. The average Bonchev–Trinajstić information content (AvgIpc) is 2.59. The van der Waals surface area contributed by atoms with Crippen molar-refractivity contribution >= 4 is 51.1 Å². The Morgan fingerprint density at radius 2 is 1.17 bits per heavy atom. The molecule has 0 unspecified atom stereocenters. The molecule has 0 fully saturated rings. The maximum atomic E-state index is 12.7. The Kier molecular flexibility index (Phi) is 3.59. The highest BCUT2D eigenvalue weighted by molar-refractivity contribution is 6.30. The fraction of sp³-hybridized carbons (Fsp3) is 0. The lowest BCUT2D eigenvalue weighted by atomic mass is 10.0. The molecule has 24 heavy (non-hydrogen) atoms. The molecule has 4 rings (SSSR count). The number of hydrogen-bond acceptors (Lipinski definition) is 5. The summed E-state index contributed by atoms with van der Waals surface area (Å²) in [6, 6.07) is 10.2. The lowest BCUT2D eigenvalue weighted by Gasteiger charge is -2.04. The van der Waals surface area contributed by atoms with E-state index in [-0.39, 0.29) is 16.1 Å². The van der Waals surface area contributed by atoms with E-state index in [1.807, 2.05) is 0 Å². The Bertz CT molecular complexity index is 1030. The van der Waals surface area contributed by atoms with Crippen LogP contribution in [-0.4, -0.2) is 25.7 Å². The molecule has 0 saturated carbocycles. The molecule has 0 saturated heterocycles. The Labute approximate surface area is 146 Å². The highest BCUT2D eigenvalue weighted by Gasteiger charge is 2.12. The first-order valence-electron chi connectivity index (χ1n) is 6.99. The molecule has 0 aliphatic rings. The van der Waals surface area contributed by atoms with Crippen LogP contribution < -0.4 is 0 Å². The minimum absolute atomic E-state index is 0.151. The minimum atomic E-state index is -0.151. The normalized spacial score (nSPS) is 11.1. The second-order valence-electron chi connectivity index (χ2n) is 5.12.